The van der Waals surface area contributed by atoms with Gasteiger partial charge >= 0.3 is 5.97 Å². The summed E-state index contributed by atoms with van der Waals surface area (Å²) < 4.78 is 5.28. The van der Waals surface area contributed by atoms with Crippen LogP contribution in [0.5, 0.6) is 0 Å². The molecule has 0 saturated heterocycles. The number of carbonyl (C=O) groups is 1. The first-order valence-electron chi connectivity index (χ1n) is 5.08. The van der Waals surface area contributed by atoms with Gasteiger partial charge in [0.2, 0.25) is 5.89 Å². The van der Waals surface area contributed by atoms with Crippen LogP contribution in [0.15, 0.2) is 34.9 Å². The van der Waals surface area contributed by atoms with E-state index < -0.39 is 5.97 Å². The minimum absolute atomic E-state index is 0.0362. The number of hydrogen-bond acceptors (Lipinski definition) is 3. The number of aliphatic carboxylic acids is 1. The highest BCUT2D eigenvalue weighted by Crippen LogP contribution is 2.26. The van der Waals surface area contributed by atoms with Gasteiger partial charge in [0.1, 0.15) is 6.26 Å². The predicted molar refractivity (Wildman–Crippen MR) is 62.9 cm³/mol. The maximum atomic E-state index is 10.4. The molecule has 0 aliphatic carbocycles. The molecular weight excluding hydrogens is 242 g/mol. The molecule has 0 bridgehead atoms. The van der Waals surface area contributed by atoms with Crippen molar-refractivity contribution in [3.63, 3.8) is 0 Å². The van der Waals surface area contributed by atoms with Gasteiger partial charge in [-0.2, -0.15) is 0 Å². The first kappa shape index (κ1) is 11.7. The molecule has 0 atom stereocenters. The molecule has 1 aromatic heterocycles. The van der Waals surface area contributed by atoms with Crippen molar-refractivity contribution in [2.24, 2.45) is 0 Å². The summed E-state index contributed by atoms with van der Waals surface area (Å²) in [6.45, 7) is 0. The average molecular weight is 252 g/mol. The number of hydrogen-bond donors (Lipinski definition) is 1. The summed E-state index contributed by atoms with van der Waals surface area (Å²) in [5.74, 6) is -0.441. The fourth-order valence-electron chi connectivity index (χ4n) is 1.42. The minimum atomic E-state index is -0.854. The number of aryl methyl sites for hydroxylation is 1. The van der Waals surface area contributed by atoms with Crippen LogP contribution in [0.3, 0.4) is 0 Å². The Morgan fingerprint density at radius 3 is 2.88 bits per heavy atom. The van der Waals surface area contributed by atoms with Crippen molar-refractivity contribution in [3.8, 4) is 11.5 Å². The summed E-state index contributed by atoms with van der Waals surface area (Å²) >= 11 is 6.00. The zero-order valence-electron chi connectivity index (χ0n) is 8.89. The van der Waals surface area contributed by atoms with E-state index in [2.05, 4.69) is 4.98 Å². The van der Waals surface area contributed by atoms with Crippen molar-refractivity contribution < 1.29 is 14.3 Å². The standard InChI is InChI=1S/C12H10ClNO3/c13-10-4-2-1-3-9(10)12-14-8(7-17-12)5-6-11(15)16/h1-4,7H,5-6H2,(H,15,16). The van der Waals surface area contributed by atoms with Crippen molar-refractivity contribution in [1.82, 2.24) is 4.98 Å². The SMILES string of the molecule is O=C(O)CCc1coc(-c2ccccc2Cl)n1. The molecule has 0 aliphatic heterocycles. The quantitative estimate of drug-likeness (QED) is 0.907. The molecule has 2 aromatic rings. The number of rotatable bonds is 4. The van der Waals surface area contributed by atoms with E-state index in [1.54, 1.807) is 12.1 Å². The molecule has 4 nitrogen and oxygen atoms in total. The van der Waals surface area contributed by atoms with Crippen LogP contribution in [0.1, 0.15) is 12.1 Å². The number of nitrogens with zero attached hydrogens (tertiary/aromatic N) is 1. The van der Waals surface area contributed by atoms with Gasteiger partial charge in [0.05, 0.1) is 22.7 Å². The summed E-state index contributed by atoms with van der Waals surface area (Å²) in [7, 11) is 0. The molecule has 2 rings (SSSR count). The lowest BCUT2D eigenvalue weighted by Gasteiger charge is -1.97. The second-order valence-electron chi connectivity index (χ2n) is 3.52. The van der Waals surface area contributed by atoms with E-state index in [1.165, 1.54) is 6.26 Å². The van der Waals surface area contributed by atoms with Crippen LogP contribution in [0.25, 0.3) is 11.5 Å². The smallest absolute Gasteiger partial charge is 0.303 e. The molecule has 0 amide bonds. The van der Waals surface area contributed by atoms with E-state index in [1.807, 2.05) is 12.1 Å². The second kappa shape index (κ2) is 5.01. The van der Waals surface area contributed by atoms with Crippen molar-refractivity contribution in [2.75, 3.05) is 0 Å². The molecule has 0 spiro atoms. The zero-order chi connectivity index (χ0) is 12.3. The summed E-state index contributed by atoms with van der Waals surface area (Å²) in [5.41, 5.74) is 1.32. The van der Waals surface area contributed by atoms with Crippen molar-refractivity contribution in [3.05, 3.63) is 41.2 Å². The molecule has 0 saturated carbocycles. The molecule has 17 heavy (non-hydrogen) atoms. The Hall–Kier alpha value is -1.81. The number of carboxylic acids is 1. The van der Waals surface area contributed by atoms with E-state index in [9.17, 15) is 4.79 Å². The van der Waals surface area contributed by atoms with E-state index in [-0.39, 0.29) is 6.42 Å². The summed E-state index contributed by atoms with van der Waals surface area (Å²) in [4.78, 5) is 14.6. The van der Waals surface area contributed by atoms with Crippen LogP contribution in [0.4, 0.5) is 0 Å². The number of benzene rings is 1. The maximum absolute atomic E-state index is 10.4. The minimum Gasteiger partial charge on any atom is -0.481 e. The first-order valence-corrected chi connectivity index (χ1v) is 5.45. The predicted octanol–water partition coefficient (Wildman–Crippen LogP) is 3.01. The third-order valence-corrected chi connectivity index (χ3v) is 2.58. The summed E-state index contributed by atoms with van der Waals surface area (Å²) in [6.07, 6.45) is 1.85. The molecule has 0 unspecified atom stereocenters. The molecule has 1 aromatic carbocycles. The highest BCUT2D eigenvalue weighted by Gasteiger charge is 2.10. The number of aromatic nitrogens is 1. The molecule has 5 heteroatoms. The van der Waals surface area contributed by atoms with Gasteiger partial charge in [-0.1, -0.05) is 23.7 Å². The van der Waals surface area contributed by atoms with Gasteiger partial charge in [0, 0.05) is 6.42 Å². The van der Waals surface area contributed by atoms with Gasteiger partial charge in [-0.05, 0) is 12.1 Å². The Balaban J connectivity index is 2.18. The second-order valence-corrected chi connectivity index (χ2v) is 3.92. The lowest BCUT2D eigenvalue weighted by molar-refractivity contribution is -0.136. The highest BCUT2D eigenvalue weighted by atomic mass is 35.5. The number of halogens is 1. The van der Waals surface area contributed by atoms with Crippen molar-refractivity contribution in [2.45, 2.75) is 12.8 Å². The van der Waals surface area contributed by atoms with Crippen LogP contribution in [-0.2, 0) is 11.2 Å². The molecule has 1 N–H and O–H groups in total. The summed E-state index contributed by atoms with van der Waals surface area (Å²) in [6, 6.07) is 7.20. The van der Waals surface area contributed by atoms with E-state index >= 15 is 0 Å². The third-order valence-electron chi connectivity index (χ3n) is 2.25. The monoisotopic (exact) mass is 251 g/mol. The molecule has 1 heterocycles. The fraction of sp³-hybridized carbons (Fsp3) is 0.167. The van der Waals surface area contributed by atoms with Gasteiger partial charge in [-0.25, -0.2) is 4.98 Å². The van der Waals surface area contributed by atoms with E-state index in [0.717, 1.165) is 0 Å². The highest BCUT2D eigenvalue weighted by molar-refractivity contribution is 6.33. The van der Waals surface area contributed by atoms with Crippen LogP contribution in [0.2, 0.25) is 5.02 Å². The largest absolute Gasteiger partial charge is 0.481 e. The van der Waals surface area contributed by atoms with Crippen molar-refractivity contribution in [1.29, 1.82) is 0 Å². The molecule has 88 valence electrons. The number of oxazole rings is 1. The molecule has 0 fully saturated rings. The van der Waals surface area contributed by atoms with Crippen LogP contribution in [0, 0.1) is 0 Å². The van der Waals surface area contributed by atoms with Gasteiger partial charge in [-0.15, -0.1) is 0 Å². The lowest BCUT2D eigenvalue weighted by atomic mass is 10.2. The van der Waals surface area contributed by atoms with E-state index in [0.29, 0.717) is 28.6 Å². The number of carboxylic acid groups (broad SMARTS) is 1. The maximum Gasteiger partial charge on any atom is 0.303 e. The van der Waals surface area contributed by atoms with Gasteiger partial charge in [-0.3, -0.25) is 4.79 Å². The Kier molecular flexibility index (Phi) is 3.44. The topological polar surface area (TPSA) is 63.3 Å². The van der Waals surface area contributed by atoms with E-state index in [4.69, 9.17) is 21.1 Å². The lowest BCUT2D eigenvalue weighted by Crippen LogP contribution is -1.97. The zero-order valence-corrected chi connectivity index (χ0v) is 9.65. The van der Waals surface area contributed by atoms with Crippen molar-refractivity contribution >= 4 is 17.6 Å². The first-order chi connectivity index (χ1) is 8.16. The van der Waals surface area contributed by atoms with Gasteiger partial charge < -0.3 is 9.52 Å². The Labute approximate surface area is 103 Å². The molecule has 0 radical (unpaired) electrons. The fourth-order valence-corrected chi connectivity index (χ4v) is 1.63. The average Bonchev–Trinajstić information content (AvgIpc) is 2.75. The third kappa shape index (κ3) is 2.85. The Bertz CT molecular complexity index is 536. The Morgan fingerprint density at radius 1 is 1.41 bits per heavy atom. The Morgan fingerprint density at radius 2 is 2.18 bits per heavy atom. The van der Waals surface area contributed by atoms with Gasteiger partial charge in [0.25, 0.3) is 0 Å². The molecular formula is C12H10ClNO3. The summed E-state index contributed by atoms with van der Waals surface area (Å²) in [5, 5.41) is 9.12. The van der Waals surface area contributed by atoms with Crippen LogP contribution in [-0.4, -0.2) is 16.1 Å². The molecule has 0 aliphatic rings. The normalized spacial score (nSPS) is 10.4. The van der Waals surface area contributed by atoms with Crippen LogP contribution >= 0.6 is 11.6 Å². The van der Waals surface area contributed by atoms with Gasteiger partial charge in [0.15, 0.2) is 0 Å². The van der Waals surface area contributed by atoms with Crippen LogP contribution < -0.4 is 0 Å².